The van der Waals surface area contributed by atoms with E-state index >= 15 is 0 Å². The fourth-order valence-corrected chi connectivity index (χ4v) is 5.55. The van der Waals surface area contributed by atoms with Crippen molar-refractivity contribution in [1.29, 1.82) is 0 Å². The van der Waals surface area contributed by atoms with Crippen molar-refractivity contribution in [3.63, 3.8) is 0 Å². The molecule has 1 aliphatic heterocycles. The molecule has 1 aliphatic rings. The lowest BCUT2D eigenvalue weighted by Gasteiger charge is -2.34. The topological polar surface area (TPSA) is 54.3 Å². The SMILES string of the molecule is Cc1nc(-n2cccc2)sc1C(=O)N1CCN(Cc2csc(-c3ccccc3)n2)CC1.Cl. The van der Waals surface area contributed by atoms with Crippen LogP contribution in [0.2, 0.25) is 0 Å². The fraction of sp³-hybridized carbons (Fsp3) is 0.261. The molecule has 1 amide bonds. The van der Waals surface area contributed by atoms with Crippen LogP contribution in [0.1, 0.15) is 21.1 Å². The lowest BCUT2D eigenvalue weighted by Crippen LogP contribution is -2.48. The molecule has 5 rings (SSSR count). The van der Waals surface area contributed by atoms with E-state index in [1.807, 2.05) is 59.1 Å². The number of hydrogen-bond acceptors (Lipinski definition) is 6. The molecule has 32 heavy (non-hydrogen) atoms. The number of nitrogens with zero attached hydrogens (tertiary/aromatic N) is 5. The largest absolute Gasteiger partial charge is 0.335 e. The summed E-state index contributed by atoms with van der Waals surface area (Å²) in [5.74, 6) is 0.0908. The molecule has 0 unspecified atom stereocenters. The third-order valence-electron chi connectivity index (χ3n) is 5.42. The zero-order chi connectivity index (χ0) is 21.2. The van der Waals surface area contributed by atoms with E-state index in [4.69, 9.17) is 4.98 Å². The molecule has 0 radical (unpaired) electrons. The van der Waals surface area contributed by atoms with Crippen LogP contribution in [0.5, 0.6) is 0 Å². The fourth-order valence-electron chi connectivity index (χ4n) is 3.73. The zero-order valence-electron chi connectivity index (χ0n) is 17.7. The van der Waals surface area contributed by atoms with E-state index in [0.29, 0.717) is 0 Å². The minimum atomic E-state index is 0. The number of aryl methyl sites for hydroxylation is 1. The van der Waals surface area contributed by atoms with Crippen molar-refractivity contribution in [3.05, 3.63) is 76.5 Å². The van der Waals surface area contributed by atoms with Gasteiger partial charge in [0, 0.05) is 56.1 Å². The Bertz CT molecular complexity index is 1160. The summed E-state index contributed by atoms with van der Waals surface area (Å²) in [5.41, 5.74) is 3.06. The number of hydrogen-bond donors (Lipinski definition) is 0. The molecule has 4 heterocycles. The number of carbonyl (C=O) groups is 1. The summed E-state index contributed by atoms with van der Waals surface area (Å²) in [4.78, 5) is 27.5. The molecule has 1 fully saturated rings. The predicted molar refractivity (Wildman–Crippen MR) is 132 cm³/mol. The van der Waals surface area contributed by atoms with Crippen molar-refractivity contribution in [2.75, 3.05) is 26.2 Å². The van der Waals surface area contributed by atoms with E-state index in [9.17, 15) is 4.79 Å². The second kappa shape index (κ2) is 9.95. The van der Waals surface area contributed by atoms with Crippen LogP contribution in [0, 0.1) is 6.92 Å². The number of piperazine rings is 1. The van der Waals surface area contributed by atoms with Crippen molar-refractivity contribution in [2.24, 2.45) is 0 Å². The van der Waals surface area contributed by atoms with E-state index in [1.54, 1.807) is 11.3 Å². The Labute approximate surface area is 201 Å². The standard InChI is InChI=1S/C23H23N5OS2.ClH/c1-17-20(31-23(24-17)28-9-5-6-10-28)22(29)27-13-11-26(12-14-27)15-19-16-30-21(25-19)18-7-3-2-4-8-18;/h2-10,16H,11-15H2,1H3;1H. The Kier molecular flexibility index (Phi) is 7.05. The number of rotatable bonds is 5. The molecule has 0 N–H and O–H groups in total. The monoisotopic (exact) mass is 485 g/mol. The summed E-state index contributed by atoms with van der Waals surface area (Å²) in [7, 11) is 0. The van der Waals surface area contributed by atoms with Gasteiger partial charge in [0.1, 0.15) is 9.88 Å². The molecule has 0 aliphatic carbocycles. The maximum atomic E-state index is 13.1. The summed E-state index contributed by atoms with van der Waals surface area (Å²) in [5, 5.41) is 4.04. The number of thiazole rings is 2. The molecule has 6 nitrogen and oxygen atoms in total. The van der Waals surface area contributed by atoms with Crippen molar-refractivity contribution in [1.82, 2.24) is 24.3 Å². The Morgan fingerprint density at radius 2 is 1.72 bits per heavy atom. The van der Waals surface area contributed by atoms with E-state index < -0.39 is 0 Å². The highest BCUT2D eigenvalue weighted by molar-refractivity contribution is 7.16. The average molecular weight is 486 g/mol. The van der Waals surface area contributed by atoms with Crippen molar-refractivity contribution in [3.8, 4) is 15.7 Å². The summed E-state index contributed by atoms with van der Waals surface area (Å²) in [6, 6.07) is 14.2. The molecule has 0 atom stereocenters. The number of benzene rings is 1. The van der Waals surface area contributed by atoms with Gasteiger partial charge in [-0.15, -0.1) is 23.7 Å². The molecule has 4 aromatic rings. The molecular weight excluding hydrogens is 462 g/mol. The third-order valence-corrected chi connectivity index (χ3v) is 7.52. The summed E-state index contributed by atoms with van der Waals surface area (Å²) >= 11 is 3.15. The van der Waals surface area contributed by atoms with Gasteiger partial charge in [0.05, 0.1) is 11.4 Å². The van der Waals surface area contributed by atoms with Crippen LogP contribution in [0.4, 0.5) is 0 Å². The number of carbonyl (C=O) groups excluding carboxylic acids is 1. The van der Waals surface area contributed by atoms with E-state index in [-0.39, 0.29) is 18.3 Å². The number of aromatic nitrogens is 3. The van der Waals surface area contributed by atoms with Crippen LogP contribution < -0.4 is 0 Å². The van der Waals surface area contributed by atoms with Crippen molar-refractivity contribution >= 4 is 41.0 Å². The lowest BCUT2D eigenvalue weighted by molar-refractivity contribution is 0.0631. The average Bonchev–Trinajstić information content (AvgIpc) is 3.56. The van der Waals surface area contributed by atoms with Crippen LogP contribution in [-0.4, -0.2) is 56.4 Å². The van der Waals surface area contributed by atoms with Gasteiger partial charge < -0.3 is 9.47 Å². The summed E-state index contributed by atoms with van der Waals surface area (Å²) in [6.45, 7) is 5.90. The van der Waals surface area contributed by atoms with Crippen LogP contribution in [0.25, 0.3) is 15.7 Å². The second-order valence-electron chi connectivity index (χ2n) is 7.58. The van der Waals surface area contributed by atoms with Gasteiger partial charge in [-0.25, -0.2) is 9.97 Å². The maximum Gasteiger partial charge on any atom is 0.266 e. The van der Waals surface area contributed by atoms with Crippen molar-refractivity contribution < 1.29 is 4.79 Å². The van der Waals surface area contributed by atoms with Gasteiger partial charge in [0.25, 0.3) is 5.91 Å². The highest BCUT2D eigenvalue weighted by atomic mass is 35.5. The predicted octanol–water partition coefficient (Wildman–Crippen LogP) is 4.75. The quantitative estimate of drug-likeness (QED) is 0.409. The first kappa shape index (κ1) is 22.7. The van der Waals surface area contributed by atoms with Crippen LogP contribution >= 0.6 is 35.1 Å². The summed E-state index contributed by atoms with van der Waals surface area (Å²) in [6.07, 6.45) is 3.90. The molecule has 1 saturated heterocycles. The normalized spacial score (nSPS) is 14.3. The molecular formula is C23H24ClN5OS2. The van der Waals surface area contributed by atoms with E-state index in [0.717, 1.165) is 64.7 Å². The van der Waals surface area contributed by atoms with Gasteiger partial charge in [-0.1, -0.05) is 41.7 Å². The van der Waals surface area contributed by atoms with Crippen LogP contribution in [-0.2, 0) is 6.54 Å². The van der Waals surface area contributed by atoms with Gasteiger partial charge >= 0.3 is 0 Å². The smallest absolute Gasteiger partial charge is 0.266 e. The Morgan fingerprint density at radius 1 is 1.00 bits per heavy atom. The van der Waals surface area contributed by atoms with E-state index in [1.165, 1.54) is 11.3 Å². The first-order chi connectivity index (χ1) is 15.2. The van der Waals surface area contributed by atoms with Crippen molar-refractivity contribution in [2.45, 2.75) is 13.5 Å². The Morgan fingerprint density at radius 3 is 2.44 bits per heavy atom. The molecule has 3 aromatic heterocycles. The molecule has 0 spiro atoms. The zero-order valence-corrected chi connectivity index (χ0v) is 20.1. The van der Waals surface area contributed by atoms with Gasteiger partial charge in [-0.3, -0.25) is 9.69 Å². The molecule has 9 heteroatoms. The first-order valence-corrected chi connectivity index (χ1v) is 12.0. The van der Waals surface area contributed by atoms with Gasteiger partial charge in [0.2, 0.25) is 0 Å². The van der Waals surface area contributed by atoms with Crippen LogP contribution in [0.15, 0.2) is 60.2 Å². The van der Waals surface area contributed by atoms with Gasteiger partial charge in [-0.05, 0) is 19.1 Å². The number of amides is 1. The first-order valence-electron chi connectivity index (χ1n) is 10.3. The Hall–Kier alpha value is -2.52. The van der Waals surface area contributed by atoms with Gasteiger partial charge in [0.15, 0.2) is 5.13 Å². The van der Waals surface area contributed by atoms with E-state index in [2.05, 4.69) is 27.4 Å². The second-order valence-corrected chi connectivity index (χ2v) is 9.42. The highest BCUT2D eigenvalue weighted by Gasteiger charge is 2.26. The molecule has 166 valence electrons. The maximum absolute atomic E-state index is 13.1. The number of halogens is 1. The lowest BCUT2D eigenvalue weighted by atomic mass is 10.2. The molecule has 0 bridgehead atoms. The van der Waals surface area contributed by atoms with Crippen LogP contribution in [0.3, 0.4) is 0 Å². The van der Waals surface area contributed by atoms with Gasteiger partial charge in [-0.2, -0.15) is 0 Å². The molecule has 1 aromatic carbocycles. The molecule has 0 saturated carbocycles. The summed E-state index contributed by atoms with van der Waals surface area (Å²) < 4.78 is 1.95. The Balaban J connectivity index is 0.00000245. The highest BCUT2D eigenvalue weighted by Crippen LogP contribution is 2.25. The minimum Gasteiger partial charge on any atom is -0.335 e. The minimum absolute atomic E-state index is 0. The third kappa shape index (κ3) is 4.78.